The smallest absolute Gasteiger partial charge is 0.126 e. The van der Waals surface area contributed by atoms with Crippen LogP contribution in [0.1, 0.15) is 18.1 Å². The van der Waals surface area contributed by atoms with Gasteiger partial charge in [0.15, 0.2) is 0 Å². The summed E-state index contributed by atoms with van der Waals surface area (Å²) >= 11 is 0. The van der Waals surface area contributed by atoms with E-state index >= 15 is 0 Å². The summed E-state index contributed by atoms with van der Waals surface area (Å²) in [5, 5.41) is 0. The number of benzene rings is 1. The number of hydrogen-bond donors (Lipinski definition) is 1. The highest BCUT2D eigenvalue weighted by Gasteiger charge is 2.08. The van der Waals surface area contributed by atoms with Crippen molar-refractivity contribution in [2.24, 2.45) is 5.73 Å². The normalized spacial score (nSPS) is 12.0. The van der Waals surface area contributed by atoms with Crippen molar-refractivity contribution in [1.29, 1.82) is 0 Å². The van der Waals surface area contributed by atoms with Gasteiger partial charge in [-0.1, -0.05) is 12.1 Å². The Bertz CT molecular complexity index is 556. The monoisotopic (exact) mass is 286 g/mol. The zero-order chi connectivity index (χ0) is 15.1. The number of rotatable bonds is 7. The number of methoxy groups -OCH3 is 1. The molecule has 1 atom stereocenters. The Balaban J connectivity index is 2.02. The van der Waals surface area contributed by atoms with Crippen LogP contribution >= 0.6 is 0 Å². The zero-order valence-corrected chi connectivity index (χ0v) is 12.6. The maximum atomic E-state index is 5.92. The predicted molar refractivity (Wildman–Crippen MR) is 83.8 cm³/mol. The molecule has 4 nitrogen and oxygen atoms in total. The minimum absolute atomic E-state index is 0.0964. The molecule has 1 unspecified atom stereocenters. The van der Waals surface area contributed by atoms with Gasteiger partial charge in [-0.2, -0.15) is 0 Å². The molecule has 1 heterocycles. The number of nitrogens with zero attached hydrogens (tertiary/aromatic N) is 1. The third kappa shape index (κ3) is 4.76. The molecule has 0 fully saturated rings. The second-order valence-electron chi connectivity index (χ2n) is 5.11. The van der Waals surface area contributed by atoms with Gasteiger partial charge in [-0.05, 0) is 36.6 Å². The van der Waals surface area contributed by atoms with Crippen LogP contribution in [0.2, 0.25) is 0 Å². The van der Waals surface area contributed by atoms with Crippen LogP contribution in [0.25, 0.3) is 0 Å². The first-order valence-corrected chi connectivity index (χ1v) is 7.13. The SMILES string of the molecule is COc1ccc(CC(C)N)c(OCCc2cccnc2)c1. The predicted octanol–water partition coefficient (Wildman–Crippen LogP) is 2.60. The van der Waals surface area contributed by atoms with E-state index in [1.807, 2.05) is 43.5 Å². The lowest BCUT2D eigenvalue weighted by atomic mass is 10.1. The van der Waals surface area contributed by atoms with Crippen molar-refractivity contribution in [2.75, 3.05) is 13.7 Å². The Morgan fingerprint density at radius 3 is 2.81 bits per heavy atom. The van der Waals surface area contributed by atoms with Crippen LogP contribution in [0.3, 0.4) is 0 Å². The second-order valence-corrected chi connectivity index (χ2v) is 5.11. The minimum atomic E-state index is 0.0964. The summed E-state index contributed by atoms with van der Waals surface area (Å²) in [6, 6.07) is 9.95. The van der Waals surface area contributed by atoms with Crippen LogP contribution in [0.15, 0.2) is 42.7 Å². The zero-order valence-electron chi connectivity index (χ0n) is 12.6. The Morgan fingerprint density at radius 1 is 1.29 bits per heavy atom. The summed E-state index contributed by atoms with van der Waals surface area (Å²) in [6.07, 6.45) is 5.24. The summed E-state index contributed by atoms with van der Waals surface area (Å²) < 4.78 is 11.2. The van der Waals surface area contributed by atoms with Crippen LogP contribution in [0, 0.1) is 0 Å². The average molecular weight is 286 g/mol. The average Bonchev–Trinajstić information content (AvgIpc) is 2.49. The number of pyridine rings is 1. The maximum Gasteiger partial charge on any atom is 0.126 e. The van der Waals surface area contributed by atoms with Crippen molar-refractivity contribution in [3.05, 3.63) is 53.9 Å². The molecule has 1 aromatic heterocycles. The van der Waals surface area contributed by atoms with Gasteiger partial charge in [0.2, 0.25) is 0 Å². The molecule has 112 valence electrons. The van der Waals surface area contributed by atoms with E-state index in [4.69, 9.17) is 15.2 Å². The molecule has 4 heteroatoms. The molecule has 0 saturated heterocycles. The van der Waals surface area contributed by atoms with E-state index in [0.29, 0.717) is 6.61 Å². The van der Waals surface area contributed by atoms with E-state index in [1.165, 1.54) is 0 Å². The van der Waals surface area contributed by atoms with Crippen LogP contribution in [0.5, 0.6) is 11.5 Å². The summed E-state index contributed by atoms with van der Waals surface area (Å²) in [5.74, 6) is 1.63. The van der Waals surface area contributed by atoms with E-state index < -0.39 is 0 Å². The van der Waals surface area contributed by atoms with Crippen molar-refractivity contribution in [3.8, 4) is 11.5 Å². The summed E-state index contributed by atoms with van der Waals surface area (Å²) in [4.78, 5) is 4.10. The molecular formula is C17H22N2O2. The van der Waals surface area contributed by atoms with E-state index in [2.05, 4.69) is 4.98 Å². The molecule has 0 spiro atoms. The molecule has 0 amide bonds. The molecule has 0 radical (unpaired) electrons. The number of nitrogens with two attached hydrogens (primary N) is 1. The van der Waals surface area contributed by atoms with Gasteiger partial charge in [0, 0.05) is 30.9 Å². The van der Waals surface area contributed by atoms with Crippen LogP contribution in [0.4, 0.5) is 0 Å². The lowest BCUT2D eigenvalue weighted by Gasteiger charge is -2.14. The van der Waals surface area contributed by atoms with E-state index in [0.717, 1.165) is 35.5 Å². The number of hydrogen-bond acceptors (Lipinski definition) is 4. The fraction of sp³-hybridized carbons (Fsp3) is 0.353. The van der Waals surface area contributed by atoms with Crippen molar-refractivity contribution in [1.82, 2.24) is 4.98 Å². The third-order valence-electron chi connectivity index (χ3n) is 3.19. The first-order valence-electron chi connectivity index (χ1n) is 7.13. The largest absolute Gasteiger partial charge is 0.497 e. The van der Waals surface area contributed by atoms with Gasteiger partial charge in [0.05, 0.1) is 13.7 Å². The van der Waals surface area contributed by atoms with Gasteiger partial charge in [-0.25, -0.2) is 0 Å². The van der Waals surface area contributed by atoms with E-state index in [9.17, 15) is 0 Å². The maximum absolute atomic E-state index is 5.92. The third-order valence-corrected chi connectivity index (χ3v) is 3.19. The Morgan fingerprint density at radius 2 is 2.14 bits per heavy atom. The van der Waals surface area contributed by atoms with Gasteiger partial charge >= 0.3 is 0 Å². The fourth-order valence-electron chi connectivity index (χ4n) is 2.14. The molecule has 2 N–H and O–H groups in total. The molecule has 2 rings (SSSR count). The highest BCUT2D eigenvalue weighted by molar-refractivity contribution is 5.41. The Labute approximate surface area is 125 Å². The lowest BCUT2D eigenvalue weighted by Crippen LogP contribution is -2.18. The highest BCUT2D eigenvalue weighted by Crippen LogP contribution is 2.26. The van der Waals surface area contributed by atoms with Gasteiger partial charge < -0.3 is 15.2 Å². The van der Waals surface area contributed by atoms with Gasteiger partial charge in [-0.15, -0.1) is 0 Å². The van der Waals surface area contributed by atoms with Crippen LogP contribution < -0.4 is 15.2 Å². The van der Waals surface area contributed by atoms with Gasteiger partial charge in [0.25, 0.3) is 0 Å². The number of aromatic nitrogens is 1. The quantitative estimate of drug-likeness (QED) is 0.850. The molecule has 0 aliphatic rings. The fourth-order valence-corrected chi connectivity index (χ4v) is 2.14. The topological polar surface area (TPSA) is 57.4 Å². The molecule has 1 aromatic carbocycles. The van der Waals surface area contributed by atoms with Crippen LogP contribution in [-0.4, -0.2) is 24.7 Å². The molecule has 0 aliphatic carbocycles. The Kier molecular flexibility index (Phi) is 5.58. The Hall–Kier alpha value is -2.07. The van der Waals surface area contributed by atoms with Gasteiger partial charge in [-0.3, -0.25) is 4.98 Å². The lowest BCUT2D eigenvalue weighted by molar-refractivity contribution is 0.315. The van der Waals surface area contributed by atoms with Crippen molar-refractivity contribution < 1.29 is 9.47 Å². The number of ether oxygens (including phenoxy) is 2. The van der Waals surface area contributed by atoms with Crippen molar-refractivity contribution >= 4 is 0 Å². The second kappa shape index (κ2) is 7.64. The first-order chi connectivity index (χ1) is 10.2. The molecule has 0 aliphatic heterocycles. The van der Waals surface area contributed by atoms with E-state index in [-0.39, 0.29) is 6.04 Å². The summed E-state index contributed by atoms with van der Waals surface area (Å²) in [6.45, 7) is 2.59. The summed E-state index contributed by atoms with van der Waals surface area (Å²) in [5.41, 5.74) is 8.16. The molecule has 2 aromatic rings. The van der Waals surface area contributed by atoms with Gasteiger partial charge in [0.1, 0.15) is 11.5 Å². The standard InChI is InChI=1S/C17H22N2O2/c1-13(18)10-15-5-6-16(20-2)11-17(15)21-9-7-14-4-3-8-19-12-14/h3-6,8,11-13H,7,9-10,18H2,1-2H3. The molecular weight excluding hydrogens is 264 g/mol. The summed E-state index contributed by atoms with van der Waals surface area (Å²) in [7, 11) is 1.65. The van der Waals surface area contributed by atoms with Crippen molar-refractivity contribution in [2.45, 2.75) is 25.8 Å². The van der Waals surface area contributed by atoms with E-state index in [1.54, 1.807) is 13.3 Å². The minimum Gasteiger partial charge on any atom is -0.497 e. The highest BCUT2D eigenvalue weighted by atomic mass is 16.5. The molecule has 0 bridgehead atoms. The molecule has 21 heavy (non-hydrogen) atoms. The van der Waals surface area contributed by atoms with Crippen LogP contribution in [-0.2, 0) is 12.8 Å². The first kappa shape index (κ1) is 15.3. The van der Waals surface area contributed by atoms with Crippen molar-refractivity contribution in [3.63, 3.8) is 0 Å². The molecule has 0 saturated carbocycles.